The van der Waals surface area contributed by atoms with Crippen LogP contribution in [0.15, 0.2) is 29.4 Å². The van der Waals surface area contributed by atoms with Crippen molar-refractivity contribution >= 4 is 43.3 Å². The number of rotatable bonds is 8. The summed E-state index contributed by atoms with van der Waals surface area (Å²) < 4.78 is 68.3. The van der Waals surface area contributed by atoms with Crippen molar-refractivity contribution < 1.29 is 26.7 Å². The summed E-state index contributed by atoms with van der Waals surface area (Å²) in [5, 5.41) is 20.7. The Morgan fingerprint density at radius 2 is 2.18 bits per heavy atom. The number of alkyl halides is 2. The van der Waals surface area contributed by atoms with Crippen molar-refractivity contribution in [1.82, 2.24) is 34.8 Å². The van der Waals surface area contributed by atoms with Gasteiger partial charge in [0.15, 0.2) is 10.7 Å². The lowest BCUT2D eigenvalue weighted by Gasteiger charge is -2.23. The number of hydrogen-bond acceptors (Lipinski definition) is 11. The van der Waals surface area contributed by atoms with Crippen LogP contribution in [0.3, 0.4) is 0 Å². The predicted octanol–water partition coefficient (Wildman–Crippen LogP) is 2.06. The number of nitrogens with zero attached hydrogens (tertiary/aromatic N) is 6. The van der Waals surface area contributed by atoms with Gasteiger partial charge >= 0.3 is 0 Å². The average Bonchev–Trinajstić information content (AvgIpc) is 3.36. The molecule has 2 N–H and O–H groups in total. The minimum atomic E-state index is -4.07. The first-order valence-electron chi connectivity index (χ1n) is 11.6. The van der Waals surface area contributed by atoms with Gasteiger partial charge in [-0.1, -0.05) is 17.4 Å². The molecule has 16 heteroatoms. The molecule has 198 valence electrons. The zero-order valence-electron chi connectivity index (χ0n) is 19.6. The van der Waals surface area contributed by atoms with Crippen LogP contribution in [0.25, 0.3) is 27.1 Å². The zero-order valence-corrected chi connectivity index (χ0v) is 21.2. The summed E-state index contributed by atoms with van der Waals surface area (Å²) in [4.78, 5) is 8.54. The first-order valence-corrected chi connectivity index (χ1v) is 13.9. The first kappa shape index (κ1) is 24.9. The van der Waals surface area contributed by atoms with Crippen molar-refractivity contribution in [3.05, 3.63) is 29.5 Å². The molecule has 1 atom stereocenters. The van der Waals surface area contributed by atoms with E-state index in [1.54, 1.807) is 6.07 Å². The summed E-state index contributed by atoms with van der Waals surface area (Å²) in [7, 11) is -4.07. The van der Waals surface area contributed by atoms with Crippen LogP contribution in [-0.4, -0.2) is 71.1 Å². The van der Waals surface area contributed by atoms with E-state index in [4.69, 9.17) is 9.47 Å². The highest BCUT2D eigenvalue weighted by molar-refractivity contribution is 7.89. The van der Waals surface area contributed by atoms with Gasteiger partial charge in [-0.05, 0) is 25.0 Å². The van der Waals surface area contributed by atoms with E-state index in [2.05, 4.69) is 30.2 Å². The number of aromatic nitrogens is 5. The number of nitriles is 1. The predicted molar refractivity (Wildman–Crippen MR) is 131 cm³/mol. The number of benzene rings is 1. The fourth-order valence-electron chi connectivity index (χ4n) is 4.25. The summed E-state index contributed by atoms with van der Waals surface area (Å²) in [5.74, 6) is 0.236. The minimum absolute atomic E-state index is 0.0587. The van der Waals surface area contributed by atoms with E-state index in [9.17, 15) is 22.5 Å². The van der Waals surface area contributed by atoms with E-state index in [1.807, 2.05) is 6.07 Å². The molecule has 1 unspecified atom stereocenters. The molecule has 1 aliphatic heterocycles. The van der Waals surface area contributed by atoms with E-state index in [0.29, 0.717) is 60.2 Å². The second kappa shape index (κ2) is 9.43. The summed E-state index contributed by atoms with van der Waals surface area (Å²) >= 11 is 0.662. The molecule has 0 spiro atoms. The fourth-order valence-corrected chi connectivity index (χ4v) is 6.36. The molecular weight excluding hydrogens is 542 g/mol. The Bertz CT molecular complexity index is 1670. The highest BCUT2D eigenvalue weighted by Crippen LogP contribution is 2.39. The fraction of sp³-hybridized carbons (Fsp3) is 0.409. The maximum Gasteiger partial charge on any atom is 0.291 e. The normalized spacial score (nSPS) is 19.2. The van der Waals surface area contributed by atoms with Crippen molar-refractivity contribution in [1.29, 1.82) is 5.26 Å². The minimum Gasteiger partial charge on any atom is -0.475 e. The maximum absolute atomic E-state index is 13.3. The van der Waals surface area contributed by atoms with E-state index < -0.39 is 27.0 Å². The third kappa shape index (κ3) is 4.46. The molecule has 1 aromatic carbocycles. The largest absolute Gasteiger partial charge is 0.475 e. The van der Waals surface area contributed by atoms with Gasteiger partial charge in [0.05, 0.1) is 41.1 Å². The van der Waals surface area contributed by atoms with E-state index in [0.717, 1.165) is 0 Å². The molecule has 1 saturated heterocycles. The molecule has 2 fully saturated rings. The molecule has 6 rings (SSSR count). The Morgan fingerprint density at radius 1 is 1.34 bits per heavy atom. The molecule has 4 heterocycles. The van der Waals surface area contributed by atoms with Gasteiger partial charge in [-0.3, -0.25) is 4.57 Å². The quantitative estimate of drug-likeness (QED) is 0.326. The Balaban J connectivity index is 1.50. The van der Waals surface area contributed by atoms with Crippen molar-refractivity contribution in [3.63, 3.8) is 0 Å². The molecule has 12 nitrogen and oxygen atoms in total. The van der Waals surface area contributed by atoms with Crippen molar-refractivity contribution in [3.8, 4) is 17.1 Å². The van der Waals surface area contributed by atoms with Crippen molar-refractivity contribution in [2.24, 2.45) is 0 Å². The van der Waals surface area contributed by atoms with Gasteiger partial charge in [-0.2, -0.15) is 9.98 Å². The number of fused-ring (bicyclic) bond motifs is 3. The van der Waals surface area contributed by atoms with Crippen LogP contribution >= 0.6 is 11.3 Å². The molecule has 0 radical (unpaired) electrons. The third-order valence-corrected chi connectivity index (χ3v) is 8.77. The van der Waals surface area contributed by atoms with Crippen LogP contribution in [0.1, 0.15) is 24.3 Å². The van der Waals surface area contributed by atoms with E-state index >= 15 is 0 Å². The Hall–Kier alpha value is -3.36. The zero-order chi connectivity index (χ0) is 26.5. The Labute approximate surface area is 218 Å². The van der Waals surface area contributed by atoms with Gasteiger partial charge in [0.25, 0.3) is 6.43 Å². The Morgan fingerprint density at radius 3 is 2.87 bits per heavy atom. The summed E-state index contributed by atoms with van der Waals surface area (Å²) in [6.07, 6.45) is -0.711. The molecule has 0 amide bonds. The van der Waals surface area contributed by atoms with Crippen LogP contribution in [0.2, 0.25) is 0 Å². The monoisotopic (exact) mass is 562 g/mol. The number of halogens is 2. The van der Waals surface area contributed by atoms with Gasteiger partial charge in [0.1, 0.15) is 18.5 Å². The van der Waals surface area contributed by atoms with E-state index in [-0.39, 0.29) is 34.2 Å². The highest BCUT2D eigenvalue weighted by atomic mass is 32.2. The maximum atomic E-state index is 13.3. The molecule has 1 aliphatic carbocycles. The first-order chi connectivity index (χ1) is 18.3. The number of morpholine rings is 1. The topological polar surface area (TPSA) is 157 Å². The van der Waals surface area contributed by atoms with Crippen LogP contribution in [0.5, 0.6) is 5.88 Å². The Kier molecular flexibility index (Phi) is 6.19. The van der Waals surface area contributed by atoms with Crippen LogP contribution < -0.4 is 14.8 Å². The molecule has 1 saturated carbocycles. The van der Waals surface area contributed by atoms with Crippen LogP contribution in [0.4, 0.5) is 8.78 Å². The summed E-state index contributed by atoms with van der Waals surface area (Å²) in [6.45, 7) is 2.02. The van der Waals surface area contributed by atoms with Gasteiger partial charge in [-0.15, -0.1) is 10.2 Å². The lowest BCUT2D eigenvalue weighted by Crippen LogP contribution is -2.44. The van der Waals surface area contributed by atoms with Crippen molar-refractivity contribution in [2.45, 2.75) is 35.7 Å². The molecule has 38 heavy (non-hydrogen) atoms. The van der Waals surface area contributed by atoms with Crippen molar-refractivity contribution in [2.75, 3.05) is 26.4 Å². The molecule has 4 aromatic rings. The van der Waals surface area contributed by atoms with Crippen LogP contribution in [0, 0.1) is 11.3 Å². The highest BCUT2D eigenvalue weighted by Gasteiger charge is 2.46. The molecule has 2 aliphatic rings. The summed E-state index contributed by atoms with van der Waals surface area (Å²) in [6, 6.07) is 6.30. The van der Waals surface area contributed by atoms with Crippen LogP contribution in [-0.2, 0) is 14.8 Å². The number of hydrogen-bond donors (Lipinski definition) is 2. The smallest absolute Gasteiger partial charge is 0.291 e. The number of ether oxygens (including phenoxy) is 2. The van der Waals surface area contributed by atoms with Gasteiger partial charge in [-0.25, -0.2) is 27.2 Å². The number of sulfonamides is 1. The standard InChI is InChI=1S/C22H20F2N8O4S2/c23-17(24)20-29-30-21(37-20)32-15-7-13(38(33,34)31-22(10-25)3-4-22)1-2-14(15)16-18(32)27-11-28-19(16)36-9-12-8-35-6-5-26-12/h1-2,7,11-12,17,26,31H,3-6,8-9H2. The average molecular weight is 563 g/mol. The molecule has 0 bridgehead atoms. The summed E-state index contributed by atoms with van der Waals surface area (Å²) in [5.41, 5.74) is -0.506. The second-order valence-corrected chi connectivity index (χ2v) is 11.6. The molecule has 3 aromatic heterocycles. The van der Waals surface area contributed by atoms with E-state index in [1.165, 1.54) is 23.0 Å². The third-order valence-electron chi connectivity index (χ3n) is 6.32. The number of nitrogens with one attached hydrogen (secondary N) is 2. The lowest BCUT2D eigenvalue weighted by atomic mass is 10.2. The SMILES string of the molecule is N#CC1(NS(=O)(=O)c2ccc3c4c(OCC5COCCN5)ncnc4n(-c4nnc(C(F)F)s4)c3c2)CC1. The molecular formula is C22H20F2N8O4S2. The van der Waals surface area contributed by atoms with Gasteiger partial charge in [0.2, 0.25) is 21.0 Å². The van der Waals surface area contributed by atoms with Gasteiger partial charge < -0.3 is 14.8 Å². The second-order valence-electron chi connectivity index (χ2n) is 8.95. The van der Waals surface area contributed by atoms with Gasteiger partial charge in [0, 0.05) is 11.9 Å². The lowest BCUT2D eigenvalue weighted by molar-refractivity contribution is 0.0588.